The number of nitrogens with one attached hydrogen (secondary N) is 2. The lowest BCUT2D eigenvalue weighted by molar-refractivity contribution is 0.0940. The molecule has 3 aromatic rings. The number of benzene rings is 1. The van der Waals surface area contributed by atoms with Crippen molar-refractivity contribution in [3.63, 3.8) is 0 Å². The minimum atomic E-state index is -2.71. The lowest BCUT2D eigenvalue weighted by atomic mass is 10.1. The molecule has 0 spiro atoms. The van der Waals surface area contributed by atoms with E-state index in [4.69, 9.17) is 0 Å². The van der Waals surface area contributed by atoms with Gasteiger partial charge >= 0.3 is 0 Å². The Bertz CT molecular complexity index is 913. The third kappa shape index (κ3) is 2.86. The van der Waals surface area contributed by atoms with Crippen molar-refractivity contribution in [2.45, 2.75) is 26.8 Å². The zero-order chi connectivity index (χ0) is 17.4. The first-order valence-electron chi connectivity index (χ1n) is 7.42. The fourth-order valence-electron chi connectivity index (χ4n) is 2.51. The number of H-pyrrole nitrogens is 1. The Labute approximate surface area is 136 Å². The highest BCUT2D eigenvalue weighted by molar-refractivity contribution is 5.92. The Balaban J connectivity index is 1.76. The number of alkyl halides is 2. The topological polar surface area (TPSA) is 75.6 Å². The number of hydrogen-bond donors (Lipinski definition) is 2. The van der Waals surface area contributed by atoms with Crippen LogP contribution in [-0.2, 0) is 13.6 Å². The third-order valence-corrected chi connectivity index (χ3v) is 4.00. The molecule has 0 radical (unpaired) electrons. The number of aryl methyl sites for hydroxylation is 3. The molecule has 24 heavy (non-hydrogen) atoms. The number of hydrogen-bond acceptors (Lipinski definition) is 3. The van der Waals surface area contributed by atoms with E-state index < -0.39 is 18.0 Å². The molecule has 1 amide bonds. The van der Waals surface area contributed by atoms with Crippen molar-refractivity contribution in [2.75, 3.05) is 0 Å². The molecule has 8 heteroatoms. The van der Waals surface area contributed by atoms with Gasteiger partial charge < -0.3 is 10.3 Å². The Morgan fingerprint density at radius 1 is 1.38 bits per heavy atom. The fourth-order valence-corrected chi connectivity index (χ4v) is 2.51. The van der Waals surface area contributed by atoms with E-state index in [0.29, 0.717) is 5.82 Å². The maximum atomic E-state index is 12.6. The zero-order valence-electron chi connectivity index (χ0n) is 13.5. The van der Waals surface area contributed by atoms with Gasteiger partial charge in [0, 0.05) is 7.05 Å². The second-order valence-corrected chi connectivity index (χ2v) is 5.65. The van der Waals surface area contributed by atoms with Gasteiger partial charge in [0.15, 0.2) is 0 Å². The molecule has 0 aliphatic heterocycles. The Morgan fingerprint density at radius 3 is 2.79 bits per heavy atom. The van der Waals surface area contributed by atoms with Gasteiger partial charge in [0.1, 0.15) is 17.2 Å². The number of amides is 1. The van der Waals surface area contributed by atoms with E-state index in [0.717, 1.165) is 32.9 Å². The van der Waals surface area contributed by atoms with Gasteiger partial charge in [-0.25, -0.2) is 13.8 Å². The van der Waals surface area contributed by atoms with Gasteiger partial charge in [-0.3, -0.25) is 9.48 Å². The number of imidazole rings is 1. The molecule has 2 heterocycles. The monoisotopic (exact) mass is 333 g/mol. The largest absolute Gasteiger partial charge is 0.343 e. The van der Waals surface area contributed by atoms with Gasteiger partial charge in [0.2, 0.25) is 0 Å². The van der Waals surface area contributed by atoms with Crippen molar-refractivity contribution >= 4 is 16.9 Å². The highest BCUT2D eigenvalue weighted by Gasteiger charge is 2.18. The molecule has 0 bridgehead atoms. The first-order valence-corrected chi connectivity index (χ1v) is 7.42. The molecule has 0 aliphatic carbocycles. The van der Waals surface area contributed by atoms with E-state index in [-0.39, 0.29) is 12.2 Å². The van der Waals surface area contributed by atoms with Gasteiger partial charge in [-0.05, 0) is 37.1 Å². The summed E-state index contributed by atoms with van der Waals surface area (Å²) in [5, 5.41) is 6.29. The van der Waals surface area contributed by atoms with Gasteiger partial charge in [0.25, 0.3) is 12.3 Å². The van der Waals surface area contributed by atoms with E-state index in [1.54, 1.807) is 0 Å². The van der Waals surface area contributed by atoms with Crippen LogP contribution in [0.4, 0.5) is 8.78 Å². The molecule has 0 saturated heterocycles. The molecule has 2 N–H and O–H groups in total. The van der Waals surface area contributed by atoms with E-state index >= 15 is 0 Å². The van der Waals surface area contributed by atoms with Crippen LogP contribution in [0.2, 0.25) is 0 Å². The van der Waals surface area contributed by atoms with Crippen LogP contribution in [0.3, 0.4) is 0 Å². The van der Waals surface area contributed by atoms with Crippen LogP contribution in [0.15, 0.2) is 18.2 Å². The molecule has 1 aromatic carbocycles. The molecule has 0 unspecified atom stereocenters. The molecule has 3 rings (SSSR count). The van der Waals surface area contributed by atoms with Gasteiger partial charge in [-0.2, -0.15) is 5.10 Å². The van der Waals surface area contributed by atoms with Crippen molar-refractivity contribution in [3.8, 4) is 0 Å². The van der Waals surface area contributed by atoms with Crippen LogP contribution in [0.1, 0.15) is 39.6 Å². The van der Waals surface area contributed by atoms with Gasteiger partial charge in [-0.15, -0.1) is 0 Å². The summed E-state index contributed by atoms with van der Waals surface area (Å²) in [7, 11) is 1.45. The SMILES string of the molecule is Cc1ccc2[nH]c(CNC(=O)c3cc(C(F)F)nn3C)nc2c1C. The van der Waals surface area contributed by atoms with Crippen LogP contribution in [0.25, 0.3) is 11.0 Å². The van der Waals surface area contributed by atoms with Crippen LogP contribution in [0, 0.1) is 13.8 Å². The van der Waals surface area contributed by atoms with Crippen LogP contribution >= 0.6 is 0 Å². The van der Waals surface area contributed by atoms with Crippen LogP contribution in [-0.4, -0.2) is 25.7 Å². The Morgan fingerprint density at radius 2 is 2.12 bits per heavy atom. The van der Waals surface area contributed by atoms with Crippen molar-refractivity contribution in [1.29, 1.82) is 0 Å². The van der Waals surface area contributed by atoms with Crippen LogP contribution in [0.5, 0.6) is 0 Å². The lowest BCUT2D eigenvalue weighted by Crippen LogP contribution is -2.25. The van der Waals surface area contributed by atoms with Crippen molar-refractivity contribution in [2.24, 2.45) is 7.05 Å². The number of nitrogens with zero attached hydrogens (tertiary/aromatic N) is 3. The van der Waals surface area contributed by atoms with Gasteiger partial charge in [0.05, 0.1) is 17.6 Å². The molecule has 0 fully saturated rings. The van der Waals surface area contributed by atoms with Gasteiger partial charge in [-0.1, -0.05) is 6.07 Å². The summed E-state index contributed by atoms with van der Waals surface area (Å²) < 4.78 is 26.4. The average Bonchev–Trinajstić information content (AvgIpc) is 3.12. The minimum absolute atomic E-state index is 0.0773. The summed E-state index contributed by atoms with van der Waals surface area (Å²) in [6, 6.07) is 5.03. The first-order chi connectivity index (χ1) is 11.4. The molecule has 0 atom stereocenters. The fraction of sp³-hybridized carbons (Fsp3) is 0.312. The number of halogens is 2. The Hall–Kier alpha value is -2.77. The number of carbonyl (C=O) groups is 1. The molecular weight excluding hydrogens is 316 g/mol. The standard InChI is InChI=1S/C16H17F2N5O/c1-8-4-5-10-14(9(8)2)21-13(20-10)7-19-16(24)12-6-11(15(17)18)22-23(12)3/h4-6,15H,7H2,1-3H3,(H,19,24)(H,20,21). The summed E-state index contributed by atoms with van der Waals surface area (Å²) in [5.74, 6) is 0.119. The summed E-state index contributed by atoms with van der Waals surface area (Å²) in [5.41, 5.74) is 3.63. The van der Waals surface area contributed by atoms with E-state index in [1.165, 1.54) is 7.05 Å². The maximum Gasteiger partial charge on any atom is 0.282 e. The normalized spacial score (nSPS) is 11.4. The number of fused-ring (bicyclic) bond motifs is 1. The van der Waals surface area contributed by atoms with E-state index in [2.05, 4.69) is 20.4 Å². The molecule has 126 valence electrons. The molecule has 6 nitrogen and oxygen atoms in total. The highest BCUT2D eigenvalue weighted by atomic mass is 19.3. The summed E-state index contributed by atoms with van der Waals surface area (Å²) in [4.78, 5) is 19.8. The lowest BCUT2D eigenvalue weighted by Gasteiger charge is -2.02. The van der Waals surface area contributed by atoms with Crippen LogP contribution < -0.4 is 5.32 Å². The van der Waals surface area contributed by atoms with Crippen molar-refractivity contribution in [3.05, 3.63) is 46.5 Å². The number of aromatic amines is 1. The number of carbonyl (C=O) groups excluding carboxylic acids is 1. The van der Waals surface area contributed by atoms with Crippen molar-refractivity contribution in [1.82, 2.24) is 25.1 Å². The quantitative estimate of drug-likeness (QED) is 0.771. The minimum Gasteiger partial charge on any atom is -0.343 e. The smallest absolute Gasteiger partial charge is 0.282 e. The summed E-state index contributed by atoms with van der Waals surface area (Å²) in [6.07, 6.45) is -2.71. The Kier molecular flexibility index (Phi) is 4.04. The van der Waals surface area contributed by atoms with Crippen molar-refractivity contribution < 1.29 is 13.6 Å². The van der Waals surface area contributed by atoms with E-state index in [1.807, 2.05) is 26.0 Å². The third-order valence-electron chi connectivity index (χ3n) is 4.00. The molecule has 0 aliphatic rings. The molecular formula is C16H17F2N5O. The first kappa shape index (κ1) is 16.1. The summed E-state index contributed by atoms with van der Waals surface area (Å²) >= 11 is 0. The second-order valence-electron chi connectivity index (χ2n) is 5.65. The molecule has 0 saturated carbocycles. The zero-order valence-corrected chi connectivity index (χ0v) is 13.5. The number of aromatic nitrogens is 4. The predicted octanol–water partition coefficient (Wildman–Crippen LogP) is 2.78. The molecule has 2 aromatic heterocycles. The highest BCUT2D eigenvalue weighted by Crippen LogP contribution is 2.20. The van der Waals surface area contributed by atoms with E-state index in [9.17, 15) is 13.6 Å². The predicted molar refractivity (Wildman–Crippen MR) is 84.9 cm³/mol. The average molecular weight is 333 g/mol. The second kappa shape index (κ2) is 6.03. The summed E-state index contributed by atoms with van der Waals surface area (Å²) in [6.45, 7) is 4.16. The maximum absolute atomic E-state index is 12.6. The number of rotatable bonds is 4.